The summed E-state index contributed by atoms with van der Waals surface area (Å²) in [6.45, 7) is 3.47. The van der Waals surface area contributed by atoms with Gasteiger partial charge < -0.3 is 10.2 Å². The van der Waals surface area contributed by atoms with Crippen LogP contribution in [0, 0.1) is 5.82 Å². The maximum atomic E-state index is 14.3. The molecule has 1 amide bonds. The first kappa shape index (κ1) is 23.3. The number of hydrogen-bond donors (Lipinski definition) is 1. The first-order valence-electron chi connectivity index (χ1n) is 11.0. The normalized spacial score (nSPS) is 14.3. The molecule has 12 heteroatoms. The van der Waals surface area contributed by atoms with Crippen molar-refractivity contribution in [2.75, 3.05) is 31.5 Å². The van der Waals surface area contributed by atoms with Crippen LogP contribution in [-0.2, 0) is 13.1 Å². The van der Waals surface area contributed by atoms with Crippen molar-refractivity contribution in [2.45, 2.75) is 13.1 Å². The van der Waals surface area contributed by atoms with Crippen LogP contribution in [-0.4, -0.2) is 66.6 Å². The molecule has 0 aliphatic carbocycles. The van der Waals surface area contributed by atoms with Crippen LogP contribution in [0.5, 0.6) is 0 Å². The Morgan fingerprint density at radius 1 is 1.17 bits per heavy atom. The molecule has 4 aromatic rings. The number of thiazole rings is 1. The molecule has 0 atom stereocenters. The van der Waals surface area contributed by atoms with Crippen LogP contribution in [0.25, 0.3) is 0 Å². The van der Waals surface area contributed by atoms with Crippen LogP contribution in [0.2, 0.25) is 5.02 Å². The van der Waals surface area contributed by atoms with Gasteiger partial charge in [-0.1, -0.05) is 17.7 Å². The van der Waals surface area contributed by atoms with Crippen molar-refractivity contribution in [3.05, 3.63) is 82.2 Å². The van der Waals surface area contributed by atoms with Gasteiger partial charge in [0.15, 0.2) is 10.9 Å². The highest BCUT2D eigenvalue weighted by molar-refractivity contribution is 7.13. The van der Waals surface area contributed by atoms with Crippen molar-refractivity contribution >= 4 is 39.8 Å². The molecule has 1 aliphatic rings. The number of halogens is 2. The molecule has 1 aromatic carbocycles. The Balaban J connectivity index is 1.27. The van der Waals surface area contributed by atoms with Crippen LogP contribution in [0.3, 0.4) is 0 Å². The largest absolute Gasteiger partial charge is 0.336 e. The minimum atomic E-state index is -0.671. The van der Waals surface area contributed by atoms with Crippen molar-refractivity contribution in [2.24, 2.45) is 0 Å². The second kappa shape index (κ2) is 10.5. The van der Waals surface area contributed by atoms with Gasteiger partial charge in [0.1, 0.15) is 18.5 Å². The summed E-state index contributed by atoms with van der Waals surface area (Å²) in [5.41, 5.74) is 1.93. The Labute approximate surface area is 210 Å². The molecule has 0 spiro atoms. The topological polar surface area (TPSA) is 92.1 Å². The number of nitrogens with zero attached hydrogens (tertiary/aromatic N) is 7. The fourth-order valence-corrected chi connectivity index (χ4v) is 4.67. The number of carbonyl (C=O) groups excluding carboxylic acids is 1. The van der Waals surface area contributed by atoms with Gasteiger partial charge >= 0.3 is 0 Å². The molecular formula is C23H22ClFN8OS. The first-order chi connectivity index (χ1) is 17.0. The molecular weight excluding hydrogens is 491 g/mol. The van der Waals surface area contributed by atoms with Gasteiger partial charge in [0.2, 0.25) is 0 Å². The highest BCUT2D eigenvalue weighted by Gasteiger charge is 2.25. The number of carbonyl (C=O) groups is 1. The summed E-state index contributed by atoms with van der Waals surface area (Å²) in [4.78, 5) is 29.8. The average Bonchev–Trinajstić information content (AvgIpc) is 3.55. The van der Waals surface area contributed by atoms with Gasteiger partial charge in [-0.25, -0.2) is 24.0 Å². The summed E-state index contributed by atoms with van der Waals surface area (Å²) in [5, 5.41) is 10.1. The lowest BCUT2D eigenvalue weighted by atomic mass is 10.1. The van der Waals surface area contributed by atoms with Crippen LogP contribution in [0.15, 0.2) is 54.6 Å². The van der Waals surface area contributed by atoms with Gasteiger partial charge in [0.05, 0.1) is 22.8 Å². The highest BCUT2D eigenvalue weighted by Crippen LogP contribution is 2.22. The van der Waals surface area contributed by atoms with Crippen molar-refractivity contribution in [1.29, 1.82) is 0 Å². The first-order valence-corrected chi connectivity index (χ1v) is 12.3. The zero-order valence-corrected chi connectivity index (χ0v) is 20.2. The Bertz CT molecular complexity index is 1240. The summed E-state index contributed by atoms with van der Waals surface area (Å²) in [6, 6.07) is 8.52. The van der Waals surface area contributed by atoms with Crippen molar-refractivity contribution in [1.82, 2.24) is 34.5 Å². The molecule has 0 radical (unpaired) electrons. The van der Waals surface area contributed by atoms with Crippen molar-refractivity contribution < 1.29 is 9.18 Å². The van der Waals surface area contributed by atoms with E-state index in [0.717, 1.165) is 16.4 Å². The van der Waals surface area contributed by atoms with Gasteiger partial charge in [-0.05, 0) is 29.8 Å². The molecule has 0 saturated carbocycles. The van der Waals surface area contributed by atoms with E-state index in [0.29, 0.717) is 45.1 Å². The van der Waals surface area contributed by atoms with E-state index >= 15 is 0 Å². The smallest absolute Gasteiger partial charge is 0.256 e. The molecule has 0 bridgehead atoms. The SMILES string of the molecule is O=C(c1cccc(Cl)c1F)N1CCN(Cc2cc(Cn3cncn3)cc(Nc3nccs3)n2)CC1. The number of benzene rings is 1. The molecule has 0 unspecified atom stereocenters. The maximum Gasteiger partial charge on any atom is 0.256 e. The Hall–Kier alpha value is -3.41. The molecule has 1 aliphatic heterocycles. The van der Waals surface area contributed by atoms with Gasteiger partial charge in [-0.2, -0.15) is 5.10 Å². The molecule has 1 saturated heterocycles. The van der Waals surface area contributed by atoms with Crippen LogP contribution >= 0.6 is 22.9 Å². The second-order valence-electron chi connectivity index (χ2n) is 8.08. The quantitative estimate of drug-likeness (QED) is 0.404. The van der Waals surface area contributed by atoms with Gasteiger partial charge in [-0.15, -0.1) is 11.3 Å². The van der Waals surface area contributed by atoms with Gasteiger partial charge in [0.25, 0.3) is 5.91 Å². The summed E-state index contributed by atoms with van der Waals surface area (Å²) >= 11 is 7.35. The standard InChI is InChI=1S/C23H22ClFN8OS/c24-19-3-1-2-18(21(19)25)22(34)32-7-5-31(6-8-32)13-17-10-16(12-33-15-26-14-28-33)11-20(29-17)30-23-27-4-9-35-23/h1-4,9-11,14-15H,5-8,12-13H2,(H,27,29,30). The van der Waals surface area contributed by atoms with Crippen molar-refractivity contribution in [3.8, 4) is 0 Å². The van der Waals surface area contributed by atoms with Gasteiger partial charge in [-0.3, -0.25) is 9.69 Å². The van der Waals surface area contributed by atoms with E-state index in [2.05, 4.69) is 25.3 Å². The Morgan fingerprint density at radius 2 is 2.03 bits per heavy atom. The number of amides is 1. The van der Waals surface area contributed by atoms with E-state index in [1.54, 1.807) is 28.2 Å². The number of rotatable bonds is 7. The Morgan fingerprint density at radius 3 is 2.77 bits per heavy atom. The fourth-order valence-electron chi connectivity index (χ4n) is 3.96. The number of piperazine rings is 1. The minimum Gasteiger partial charge on any atom is -0.336 e. The average molecular weight is 513 g/mol. The van der Waals surface area contributed by atoms with Crippen LogP contribution in [0.1, 0.15) is 21.6 Å². The summed E-state index contributed by atoms with van der Waals surface area (Å²) in [7, 11) is 0. The van der Waals surface area contributed by atoms with E-state index in [1.165, 1.54) is 29.8 Å². The Kier molecular flexibility index (Phi) is 6.98. The molecule has 180 valence electrons. The molecule has 1 N–H and O–H groups in total. The van der Waals surface area contributed by atoms with E-state index in [1.807, 2.05) is 17.5 Å². The molecule has 9 nitrogen and oxygen atoms in total. The van der Waals surface area contributed by atoms with E-state index in [9.17, 15) is 9.18 Å². The summed E-state index contributed by atoms with van der Waals surface area (Å²) < 4.78 is 16.1. The molecule has 1 fully saturated rings. The molecule has 5 rings (SSSR count). The minimum absolute atomic E-state index is 0.00586. The lowest BCUT2D eigenvalue weighted by molar-refractivity contribution is 0.0622. The third-order valence-corrected chi connectivity index (χ3v) is 6.62. The predicted molar refractivity (Wildman–Crippen MR) is 131 cm³/mol. The second-order valence-corrected chi connectivity index (χ2v) is 9.38. The van der Waals surface area contributed by atoms with Crippen molar-refractivity contribution in [3.63, 3.8) is 0 Å². The number of anilines is 2. The maximum absolute atomic E-state index is 14.3. The van der Waals surface area contributed by atoms with Crippen LogP contribution < -0.4 is 5.32 Å². The number of aromatic nitrogens is 5. The lowest BCUT2D eigenvalue weighted by Gasteiger charge is -2.34. The van der Waals surface area contributed by atoms with E-state index < -0.39 is 5.82 Å². The zero-order valence-electron chi connectivity index (χ0n) is 18.6. The van der Waals surface area contributed by atoms with Gasteiger partial charge in [0, 0.05) is 44.3 Å². The number of hydrogen-bond acceptors (Lipinski definition) is 8. The number of pyridine rings is 1. The molecule has 4 heterocycles. The third-order valence-electron chi connectivity index (χ3n) is 5.64. The van der Waals surface area contributed by atoms with Crippen LogP contribution in [0.4, 0.5) is 15.3 Å². The monoisotopic (exact) mass is 512 g/mol. The molecule has 3 aromatic heterocycles. The lowest BCUT2D eigenvalue weighted by Crippen LogP contribution is -2.48. The summed E-state index contributed by atoms with van der Waals surface area (Å²) in [6.07, 6.45) is 4.92. The fraction of sp³-hybridized carbons (Fsp3) is 0.261. The summed E-state index contributed by atoms with van der Waals surface area (Å²) in [5.74, 6) is -0.305. The number of nitrogens with one attached hydrogen (secondary N) is 1. The predicted octanol–water partition coefficient (Wildman–Crippen LogP) is 3.67. The van der Waals surface area contributed by atoms with E-state index in [4.69, 9.17) is 16.6 Å². The van der Waals surface area contributed by atoms with E-state index in [-0.39, 0.29) is 16.5 Å². The molecule has 35 heavy (non-hydrogen) atoms. The zero-order chi connectivity index (χ0) is 24.2. The third kappa shape index (κ3) is 5.64. The highest BCUT2D eigenvalue weighted by atomic mass is 35.5.